The molecule has 0 spiro atoms. The Morgan fingerprint density at radius 1 is 0.929 bits per heavy atom. The van der Waals surface area contributed by atoms with Crippen LogP contribution in [0.5, 0.6) is 0 Å². The van der Waals surface area contributed by atoms with E-state index in [1.54, 1.807) is 14.0 Å². The molecule has 1 amide bonds. The van der Waals surface area contributed by atoms with Crippen LogP contribution in [0.25, 0.3) is 0 Å². The van der Waals surface area contributed by atoms with Crippen LogP contribution in [0, 0.1) is 35.0 Å². The minimum Gasteiger partial charge on any atom is -0.353 e. The van der Waals surface area contributed by atoms with Gasteiger partial charge in [-0.15, -0.1) is 0 Å². The molecule has 0 aromatic heterocycles. The van der Waals surface area contributed by atoms with Crippen LogP contribution in [0.3, 0.4) is 0 Å². The third kappa shape index (κ3) is 18.0. The fourth-order valence-electron chi connectivity index (χ4n) is 5.22. The molecule has 3 atom stereocenters. The highest BCUT2D eigenvalue weighted by Crippen LogP contribution is 2.37. The number of amides is 1. The van der Waals surface area contributed by atoms with Gasteiger partial charge in [-0.1, -0.05) is 93.6 Å². The molecule has 2 aliphatic carbocycles. The lowest BCUT2D eigenvalue weighted by atomic mass is 9.80. The second-order valence-corrected chi connectivity index (χ2v) is 14.1. The van der Waals surface area contributed by atoms with Crippen LogP contribution in [0.1, 0.15) is 153 Å². The molecular formula is C36H67N3O3. The van der Waals surface area contributed by atoms with E-state index in [4.69, 9.17) is 0 Å². The highest BCUT2D eigenvalue weighted by molar-refractivity contribution is 5.81. The van der Waals surface area contributed by atoms with Crippen molar-refractivity contribution in [1.82, 2.24) is 5.32 Å². The predicted molar refractivity (Wildman–Crippen MR) is 177 cm³/mol. The Morgan fingerprint density at radius 2 is 1.52 bits per heavy atom. The second kappa shape index (κ2) is 21.8. The highest BCUT2D eigenvalue weighted by atomic mass is 16.2. The Balaban J connectivity index is 0.000000758. The fourth-order valence-corrected chi connectivity index (χ4v) is 5.22. The van der Waals surface area contributed by atoms with Gasteiger partial charge in [-0.2, -0.15) is 10.2 Å². The zero-order valence-corrected chi connectivity index (χ0v) is 29.4. The van der Waals surface area contributed by atoms with E-state index in [-0.39, 0.29) is 34.9 Å². The molecule has 0 unspecified atom stereocenters. The lowest BCUT2D eigenvalue weighted by Crippen LogP contribution is -2.41. The predicted octanol–water partition coefficient (Wildman–Crippen LogP) is 9.91. The first kappa shape index (κ1) is 40.1. The van der Waals surface area contributed by atoms with E-state index in [0.29, 0.717) is 24.2 Å². The molecule has 0 bridgehead atoms. The summed E-state index contributed by atoms with van der Waals surface area (Å²) < 4.78 is 0. The summed E-state index contributed by atoms with van der Waals surface area (Å²) in [6.07, 6.45) is 16.3. The third-order valence-electron chi connectivity index (χ3n) is 8.99. The van der Waals surface area contributed by atoms with E-state index in [9.17, 15) is 14.4 Å². The van der Waals surface area contributed by atoms with Gasteiger partial charge in [-0.05, 0) is 70.1 Å². The SMILES string of the molecule is C/C=C(\N=NC)C1CC1.CC(=O)[C@@H](C)C(C)(C)C.CCCC[C@H](C)C(=O)CCC[C@H](C(=O)NC1CCCCC1)C(C)C. The number of nitrogens with one attached hydrogen (secondary N) is 1. The van der Waals surface area contributed by atoms with E-state index < -0.39 is 0 Å². The summed E-state index contributed by atoms with van der Waals surface area (Å²) in [4.78, 5) is 35.6. The third-order valence-corrected chi connectivity index (χ3v) is 8.99. The van der Waals surface area contributed by atoms with Crippen LogP contribution >= 0.6 is 0 Å². The molecule has 0 aliphatic heterocycles. The molecule has 0 saturated heterocycles. The van der Waals surface area contributed by atoms with Crippen molar-refractivity contribution >= 4 is 17.5 Å². The van der Waals surface area contributed by atoms with Crippen molar-refractivity contribution in [2.24, 2.45) is 45.2 Å². The first-order valence-corrected chi connectivity index (χ1v) is 17.0. The molecule has 1 N–H and O–H groups in total. The Hall–Kier alpha value is -1.85. The molecule has 2 fully saturated rings. The fraction of sp³-hybridized carbons (Fsp3) is 0.861. The van der Waals surface area contributed by atoms with Gasteiger partial charge in [-0.3, -0.25) is 14.4 Å². The summed E-state index contributed by atoms with van der Waals surface area (Å²) in [7, 11) is 1.71. The molecule has 42 heavy (non-hydrogen) atoms. The van der Waals surface area contributed by atoms with Crippen LogP contribution in [0.2, 0.25) is 0 Å². The largest absolute Gasteiger partial charge is 0.353 e. The average molecular weight is 590 g/mol. The number of rotatable bonds is 14. The van der Waals surface area contributed by atoms with E-state index in [0.717, 1.165) is 56.6 Å². The number of unbranched alkanes of at least 4 members (excludes halogenated alkanes) is 1. The molecule has 0 aromatic rings. The molecule has 0 aromatic carbocycles. The molecule has 6 nitrogen and oxygen atoms in total. The van der Waals surface area contributed by atoms with E-state index >= 15 is 0 Å². The summed E-state index contributed by atoms with van der Waals surface area (Å²) in [6.45, 7) is 20.3. The first-order chi connectivity index (χ1) is 19.7. The standard InChI is InChI=1S/C21H39NO2.C8H16O.C7H12N2/c1-5-6-11-17(4)20(23)15-10-14-19(16(2)3)21(24)22-18-12-8-7-9-13-18;1-6(7(2)9)8(3,4)5;1-3-7(9-8-2)6-4-5-6/h16-19H,5-15H2,1-4H3,(H,22,24);6H,1-5H3;3,6H,4-5H2,1-2H3/b;;7-3-,9-8?/t17-,19-;6-;/m01./s1. The van der Waals surface area contributed by atoms with Crippen molar-refractivity contribution in [3.8, 4) is 0 Å². The number of hydrogen-bond acceptors (Lipinski definition) is 5. The summed E-state index contributed by atoms with van der Waals surface area (Å²) in [5.41, 5.74) is 1.30. The van der Waals surface area contributed by atoms with E-state index in [1.165, 1.54) is 32.1 Å². The maximum atomic E-state index is 12.6. The Morgan fingerprint density at radius 3 is 1.93 bits per heavy atom. The molecule has 2 saturated carbocycles. The summed E-state index contributed by atoms with van der Waals surface area (Å²) in [5, 5.41) is 11.0. The van der Waals surface area contributed by atoms with E-state index in [1.807, 2.05) is 26.8 Å². The Bertz CT molecular complexity index is 830. The topological polar surface area (TPSA) is 88.0 Å². The van der Waals surface area contributed by atoms with Crippen LogP contribution < -0.4 is 5.32 Å². The van der Waals surface area contributed by atoms with Gasteiger partial charge < -0.3 is 5.32 Å². The molecular weight excluding hydrogens is 522 g/mol. The van der Waals surface area contributed by atoms with Crippen LogP contribution in [-0.4, -0.2) is 30.6 Å². The lowest BCUT2D eigenvalue weighted by molar-refractivity contribution is -0.128. The van der Waals surface area contributed by atoms with Crippen LogP contribution in [-0.2, 0) is 14.4 Å². The normalized spacial score (nSPS) is 18.3. The number of nitrogens with zero attached hydrogens (tertiary/aromatic N) is 2. The lowest BCUT2D eigenvalue weighted by Gasteiger charge is -2.27. The Labute approximate surface area is 259 Å². The van der Waals surface area contributed by atoms with Crippen molar-refractivity contribution in [3.05, 3.63) is 11.8 Å². The van der Waals surface area contributed by atoms with Gasteiger partial charge in [0.15, 0.2) is 0 Å². The van der Waals surface area contributed by atoms with Gasteiger partial charge in [0, 0.05) is 43.2 Å². The number of hydrogen-bond donors (Lipinski definition) is 1. The molecule has 2 rings (SSSR count). The van der Waals surface area contributed by atoms with Gasteiger partial charge in [0.05, 0.1) is 5.70 Å². The van der Waals surface area contributed by atoms with Crippen molar-refractivity contribution in [2.75, 3.05) is 7.05 Å². The van der Waals surface area contributed by atoms with Gasteiger partial charge in [0.2, 0.25) is 5.91 Å². The van der Waals surface area contributed by atoms with Crippen LogP contribution in [0.15, 0.2) is 22.0 Å². The second-order valence-electron chi connectivity index (χ2n) is 14.1. The van der Waals surface area contributed by atoms with Crippen molar-refractivity contribution in [1.29, 1.82) is 0 Å². The minimum absolute atomic E-state index is 0.0469. The molecule has 244 valence electrons. The molecule has 6 heteroatoms. The molecule has 0 radical (unpaired) electrons. The van der Waals surface area contributed by atoms with Gasteiger partial charge in [0.1, 0.15) is 11.6 Å². The number of ketones is 2. The van der Waals surface area contributed by atoms with Crippen molar-refractivity contribution in [3.63, 3.8) is 0 Å². The number of azo groups is 1. The summed E-state index contributed by atoms with van der Waals surface area (Å²) in [5.74, 6) is 2.34. The quantitative estimate of drug-likeness (QED) is 0.204. The van der Waals surface area contributed by atoms with Gasteiger partial charge in [-0.25, -0.2) is 0 Å². The zero-order valence-electron chi connectivity index (χ0n) is 29.4. The minimum atomic E-state index is 0.0469. The van der Waals surface area contributed by atoms with Gasteiger partial charge >= 0.3 is 0 Å². The molecule has 2 aliphatic rings. The van der Waals surface area contributed by atoms with Crippen LogP contribution in [0.4, 0.5) is 0 Å². The van der Waals surface area contributed by atoms with Crippen molar-refractivity contribution < 1.29 is 14.4 Å². The average Bonchev–Trinajstić information content (AvgIpc) is 3.78. The first-order valence-electron chi connectivity index (χ1n) is 17.0. The summed E-state index contributed by atoms with van der Waals surface area (Å²) in [6, 6.07) is 0.378. The van der Waals surface area contributed by atoms with E-state index in [2.05, 4.69) is 57.1 Å². The maximum Gasteiger partial charge on any atom is 0.223 e. The van der Waals surface area contributed by atoms with Crippen molar-refractivity contribution in [2.45, 2.75) is 159 Å². The number of Topliss-reactive ketones (excluding diaryl/α,β-unsaturated/α-hetero) is 2. The number of allylic oxidation sites excluding steroid dienone is 2. The highest BCUT2D eigenvalue weighted by Gasteiger charge is 2.26. The number of carbonyl (C=O) groups is 3. The maximum absolute atomic E-state index is 12.6. The smallest absolute Gasteiger partial charge is 0.223 e. The monoisotopic (exact) mass is 590 g/mol. The molecule has 0 heterocycles. The summed E-state index contributed by atoms with van der Waals surface area (Å²) >= 11 is 0. The zero-order chi connectivity index (χ0) is 32.3. The Kier molecular flexibility index (Phi) is 20.8. The van der Waals surface area contributed by atoms with Gasteiger partial charge in [0.25, 0.3) is 0 Å². The number of carbonyl (C=O) groups excluding carboxylic acids is 3.